The normalized spacial score (nSPS) is 18.7. The topological polar surface area (TPSA) is 72.7 Å². The van der Waals surface area contributed by atoms with E-state index in [1.54, 1.807) is 25.1 Å². The highest BCUT2D eigenvalue weighted by atomic mass is 16.6. The first-order valence-corrected chi connectivity index (χ1v) is 6.61. The van der Waals surface area contributed by atoms with Gasteiger partial charge in [0.2, 0.25) is 0 Å². The SMILES string of the molecule is COC(=O)C1CCCN(c2cccc(C)c2[N+](=O)[O-])C1. The first-order valence-electron chi connectivity index (χ1n) is 6.61. The zero-order valence-electron chi connectivity index (χ0n) is 11.7. The number of aryl methyl sites for hydroxylation is 1. The van der Waals surface area contributed by atoms with Gasteiger partial charge in [-0.25, -0.2) is 0 Å². The Morgan fingerprint density at radius 1 is 1.50 bits per heavy atom. The third kappa shape index (κ3) is 2.74. The Balaban J connectivity index is 2.30. The zero-order valence-corrected chi connectivity index (χ0v) is 11.7. The second-order valence-electron chi connectivity index (χ2n) is 5.01. The molecule has 0 bridgehead atoms. The molecule has 1 fully saturated rings. The first kappa shape index (κ1) is 14.3. The molecule has 1 aromatic carbocycles. The van der Waals surface area contributed by atoms with Crippen LogP contribution in [0.4, 0.5) is 11.4 Å². The second kappa shape index (κ2) is 5.90. The Bertz CT molecular complexity index is 530. The molecular formula is C14H18N2O4. The number of carbonyl (C=O) groups excluding carboxylic acids is 1. The van der Waals surface area contributed by atoms with Crippen LogP contribution in [0.15, 0.2) is 18.2 Å². The molecule has 1 aliphatic rings. The third-order valence-electron chi connectivity index (χ3n) is 3.70. The second-order valence-corrected chi connectivity index (χ2v) is 5.01. The number of carbonyl (C=O) groups is 1. The van der Waals surface area contributed by atoms with E-state index >= 15 is 0 Å². The maximum atomic E-state index is 11.6. The van der Waals surface area contributed by atoms with Gasteiger partial charge in [-0.3, -0.25) is 14.9 Å². The van der Waals surface area contributed by atoms with Crippen LogP contribution in [-0.4, -0.2) is 31.1 Å². The molecule has 108 valence electrons. The molecule has 1 unspecified atom stereocenters. The number of ether oxygens (including phenoxy) is 1. The van der Waals surface area contributed by atoms with Crippen LogP contribution in [0.2, 0.25) is 0 Å². The molecule has 0 radical (unpaired) electrons. The average Bonchev–Trinajstić information content (AvgIpc) is 2.45. The number of anilines is 1. The number of hydrogen-bond donors (Lipinski definition) is 0. The summed E-state index contributed by atoms with van der Waals surface area (Å²) in [6, 6.07) is 5.27. The molecule has 0 spiro atoms. The molecule has 1 atom stereocenters. The van der Waals surface area contributed by atoms with Gasteiger partial charge in [-0.15, -0.1) is 0 Å². The van der Waals surface area contributed by atoms with Gasteiger partial charge in [-0.1, -0.05) is 12.1 Å². The Morgan fingerprint density at radius 2 is 2.25 bits per heavy atom. The van der Waals surface area contributed by atoms with E-state index in [4.69, 9.17) is 4.74 Å². The van der Waals surface area contributed by atoms with Gasteiger partial charge < -0.3 is 9.64 Å². The van der Waals surface area contributed by atoms with Gasteiger partial charge in [0.15, 0.2) is 0 Å². The summed E-state index contributed by atoms with van der Waals surface area (Å²) in [6.45, 7) is 2.91. The molecule has 1 aromatic rings. The van der Waals surface area contributed by atoms with Gasteiger partial charge in [-0.05, 0) is 25.8 Å². The fraction of sp³-hybridized carbons (Fsp3) is 0.500. The molecule has 0 amide bonds. The molecule has 6 heteroatoms. The maximum Gasteiger partial charge on any atom is 0.310 e. The van der Waals surface area contributed by atoms with Crippen LogP contribution in [0.5, 0.6) is 0 Å². The van der Waals surface area contributed by atoms with E-state index in [2.05, 4.69) is 0 Å². The Kier molecular flexibility index (Phi) is 4.22. The van der Waals surface area contributed by atoms with Crippen LogP contribution in [0.1, 0.15) is 18.4 Å². The summed E-state index contributed by atoms with van der Waals surface area (Å²) in [5.41, 5.74) is 1.34. The van der Waals surface area contributed by atoms with Crippen molar-refractivity contribution in [1.82, 2.24) is 0 Å². The summed E-state index contributed by atoms with van der Waals surface area (Å²) >= 11 is 0. The minimum Gasteiger partial charge on any atom is -0.469 e. The molecule has 2 rings (SSSR count). The molecule has 6 nitrogen and oxygen atoms in total. The number of esters is 1. The quantitative estimate of drug-likeness (QED) is 0.482. The molecule has 0 saturated carbocycles. The van der Waals surface area contributed by atoms with Crippen molar-refractivity contribution in [2.24, 2.45) is 5.92 Å². The highest BCUT2D eigenvalue weighted by Gasteiger charge is 2.30. The van der Waals surface area contributed by atoms with Crippen LogP contribution < -0.4 is 4.90 Å². The van der Waals surface area contributed by atoms with Crippen molar-refractivity contribution >= 4 is 17.3 Å². The third-order valence-corrected chi connectivity index (χ3v) is 3.70. The van der Waals surface area contributed by atoms with Crippen molar-refractivity contribution in [2.45, 2.75) is 19.8 Å². The lowest BCUT2D eigenvalue weighted by atomic mass is 9.97. The summed E-state index contributed by atoms with van der Waals surface area (Å²) < 4.78 is 4.78. The Labute approximate surface area is 117 Å². The van der Waals surface area contributed by atoms with Crippen LogP contribution in [-0.2, 0) is 9.53 Å². The predicted octanol–water partition coefficient (Wildman–Crippen LogP) is 2.29. The molecule has 0 aliphatic carbocycles. The fourth-order valence-electron chi connectivity index (χ4n) is 2.69. The van der Waals surface area contributed by atoms with Crippen LogP contribution >= 0.6 is 0 Å². The van der Waals surface area contributed by atoms with Crippen molar-refractivity contribution in [1.29, 1.82) is 0 Å². The number of benzene rings is 1. The minimum absolute atomic E-state index is 0.123. The van der Waals surface area contributed by atoms with Gasteiger partial charge in [-0.2, -0.15) is 0 Å². The first-order chi connectivity index (χ1) is 9.54. The molecule has 20 heavy (non-hydrogen) atoms. The Hall–Kier alpha value is -2.11. The monoisotopic (exact) mass is 278 g/mol. The van der Waals surface area contributed by atoms with Crippen LogP contribution in [0.3, 0.4) is 0 Å². The lowest BCUT2D eigenvalue weighted by Crippen LogP contribution is -2.39. The molecule has 1 aliphatic heterocycles. The zero-order chi connectivity index (χ0) is 14.7. The van der Waals surface area contributed by atoms with Crippen LogP contribution in [0, 0.1) is 23.0 Å². The summed E-state index contributed by atoms with van der Waals surface area (Å²) in [4.78, 5) is 24.4. The molecule has 0 N–H and O–H groups in total. The van der Waals surface area contributed by atoms with E-state index < -0.39 is 0 Å². The van der Waals surface area contributed by atoms with Gasteiger partial charge in [0.05, 0.1) is 18.0 Å². The largest absolute Gasteiger partial charge is 0.469 e. The highest BCUT2D eigenvalue weighted by molar-refractivity contribution is 5.74. The number of rotatable bonds is 3. The average molecular weight is 278 g/mol. The maximum absolute atomic E-state index is 11.6. The van der Waals surface area contributed by atoms with Crippen molar-refractivity contribution in [2.75, 3.05) is 25.1 Å². The number of piperidine rings is 1. The number of nitro benzene ring substituents is 1. The lowest BCUT2D eigenvalue weighted by molar-refractivity contribution is -0.384. The van der Waals surface area contributed by atoms with E-state index in [1.807, 2.05) is 4.90 Å². The van der Waals surface area contributed by atoms with Crippen molar-refractivity contribution < 1.29 is 14.5 Å². The van der Waals surface area contributed by atoms with Crippen molar-refractivity contribution in [3.63, 3.8) is 0 Å². The Morgan fingerprint density at radius 3 is 2.90 bits per heavy atom. The van der Waals surface area contributed by atoms with E-state index in [9.17, 15) is 14.9 Å². The number of hydrogen-bond acceptors (Lipinski definition) is 5. The number of nitro groups is 1. The summed E-state index contributed by atoms with van der Waals surface area (Å²) in [5.74, 6) is -0.459. The molecule has 1 heterocycles. The minimum atomic E-state index is -0.355. The van der Waals surface area contributed by atoms with Gasteiger partial charge in [0.1, 0.15) is 5.69 Å². The van der Waals surface area contributed by atoms with E-state index in [-0.39, 0.29) is 22.5 Å². The van der Waals surface area contributed by atoms with Gasteiger partial charge >= 0.3 is 5.97 Å². The summed E-state index contributed by atoms with van der Waals surface area (Å²) in [5, 5.41) is 11.2. The predicted molar refractivity (Wildman–Crippen MR) is 74.8 cm³/mol. The number of para-hydroxylation sites is 1. The molecule has 1 saturated heterocycles. The van der Waals surface area contributed by atoms with Gasteiger partial charge in [0.25, 0.3) is 5.69 Å². The molecule has 0 aromatic heterocycles. The van der Waals surface area contributed by atoms with Crippen molar-refractivity contribution in [3.05, 3.63) is 33.9 Å². The fourth-order valence-corrected chi connectivity index (χ4v) is 2.69. The van der Waals surface area contributed by atoms with E-state index in [0.29, 0.717) is 17.8 Å². The van der Waals surface area contributed by atoms with E-state index in [1.165, 1.54) is 7.11 Å². The van der Waals surface area contributed by atoms with Crippen LogP contribution in [0.25, 0.3) is 0 Å². The van der Waals surface area contributed by atoms with E-state index in [0.717, 1.165) is 19.4 Å². The standard InChI is InChI=1S/C14H18N2O4/c1-10-5-3-7-12(13(10)16(18)19)15-8-4-6-11(9-15)14(17)20-2/h3,5,7,11H,4,6,8-9H2,1-2H3. The summed E-state index contributed by atoms with van der Waals surface area (Å²) in [7, 11) is 1.37. The number of nitrogens with zero attached hydrogens (tertiary/aromatic N) is 2. The number of methoxy groups -OCH3 is 1. The smallest absolute Gasteiger partial charge is 0.310 e. The van der Waals surface area contributed by atoms with Gasteiger partial charge in [0, 0.05) is 18.7 Å². The van der Waals surface area contributed by atoms with Crippen molar-refractivity contribution in [3.8, 4) is 0 Å². The highest BCUT2D eigenvalue weighted by Crippen LogP contribution is 2.34. The summed E-state index contributed by atoms with van der Waals surface area (Å²) in [6.07, 6.45) is 1.59. The molecular weight excluding hydrogens is 260 g/mol. The lowest BCUT2D eigenvalue weighted by Gasteiger charge is -2.32.